The van der Waals surface area contributed by atoms with Crippen molar-refractivity contribution in [2.45, 2.75) is 14.4 Å². The van der Waals surface area contributed by atoms with E-state index >= 15 is 0 Å². The molecule has 79 valence electrons. The molecule has 0 N–H and O–H groups in total. The van der Waals surface area contributed by atoms with Gasteiger partial charge in [0.25, 0.3) is 0 Å². The Morgan fingerprint density at radius 3 is 2.13 bits per heavy atom. The molecule has 0 aliphatic heterocycles. The van der Waals surface area contributed by atoms with Gasteiger partial charge in [-0.15, -0.1) is 29.3 Å². The van der Waals surface area contributed by atoms with E-state index in [-0.39, 0.29) is 51.3 Å². The average molecular weight is 282 g/mol. The molecular weight excluding hydrogens is 273 g/mol. The van der Waals surface area contributed by atoms with Gasteiger partial charge >= 0.3 is 0 Å². The second kappa shape index (κ2) is 6.69. The normalized spacial score (nSPS) is 8.33. The van der Waals surface area contributed by atoms with Gasteiger partial charge in [0.05, 0.1) is 0 Å². The van der Waals surface area contributed by atoms with E-state index in [4.69, 9.17) is 0 Å². The number of benzene rings is 1. The van der Waals surface area contributed by atoms with E-state index in [1.54, 1.807) is 0 Å². The quantitative estimate of drug-likeness (QED) is 0.662. The third-order valence-corrected chi connectivity index (χ3v) is 1.60. The van der Waals surface area contributed by atoms with Gasteiger partial charge in [-0.25, -0.2) is 0 Å². The number of hydrogen-bond donors (Lipinski definition) is 0. The second-order valence-electron chi connectivity index (χ2n) is 2.52. The second-order valence-corrected chi connectivity index (χ2v) is 2.52. The van der Waals surface area contributed by atoms with Crippen LogP contribution in [0, 0.1) is 13.0 Å². The predicted molar refractivity (Wildman–Crippen MR) is 45.4 cm³/mol. The van der Waals surface area contributed by atoms with Gasteiger partial charge in [0.15, 0.2) is 0 Å². The largest absolute Gasteiger partial charge is 0.603 e. The van der Waals surface area contributed by atoms with E-state index in [0.717, 1.165) is 6.07 Å². The summed E-state index contributed by atoms with van der Waals surface area (Å²) in [7, 11) is 0. The molecule has 4 nitrogen and oxygen atoms in total. The van der Waals surface area contributed by atoms with Gasteiger partial charge in [-0.1, -0.05) is 19.9 Å². The molecule has 0 saturated heterocycles. The van der Waals surface area contributed by atoms with Crippen molar-refractivity contribution in [2.75, 3.05) is 0 Å². The number of rotatable bonds is 2. The molecule has 1 rings (SSSR count). The number of aryl methyl sites for hydroxylation is 1. The van der Waals surface area contributed by atoms with E-state index in [1.165, 1.54) is 13.0 Å². The van der Waals surface area contributed by atoms with Crippen LogP contribution in [0.4, 0.5) is 0 Å². The van der Waals surface area contributed by atoms with Crippen LogP contribution < -0.4 is 10.2 Å². The number of hydrogen-bond acceptors (Lipinski definition) is 4. The van der Waals surface area contributed by atoms with Crippen LogP contribution >= 0.6 is 0 Å². The Labute approximate surface area is 113 Å². The Morgan fingerprint density at radius 2 is 1.80 bits per heavy atom. The maximum absolute atomic E-state index is 10.4. The van der Waals surface area contributed by atoms with Crippen LogP contribution in [0.15, 0.2) is 12.1 Å². The smallest absolute Gasteiger partial charge is 0.0296 e. The first-order chi connectivity index (χ1) is 6.02. The Hall–Kier alpha value is -0.736. The summed E-state index contributed by atoms with van der Waals surface area (Å²) in [6.45, 7) is 1.48. The fourth-order valence-electron chi connectivity index (χ4n) is 0.937. The topological polar surface area (TPSA) is 80.3 Å². The summed E-state index contributed by atoms with van der Waals surface area (Å²) in [4.78, 5) is 20.7. The minimum atomic E-state index is -1.38. The first-order valence-corrected chi connectivity index (χ1v) is 3.47. The molecule has 5 heteroatoms. The van der Waals surface area contributed by atoms with E-state index in [2.05, 4.69) is 6.07 Å². The molecule has 0 aliphatic rings. The summed E-state index contributed by atoms with van der Waals surface area (Å²) in [5, 5.41) is 20.7. The maximum atomic E-state index is 10.4. The fourth-order valence-corrected chi connectivity index (χ4v) is 0.937. The minimum Gasteiger partial charge on any atom is -0.603 e. The van der Waals surface area contributed by atoms with Crippen molar-refractivity contribution in [3.8, 4) is 0 Å². The molecular formula is C10H9O4Y-3. The van der Waals surface area contributed by atoms with Crippen molar-refractivity contribution in [3.63, 3.8) is 0 Å². The number of carboxylic acids is 2. The first-order valence-electron chi connectivity index (χ1n) is 3.47. The third kappa shape index (κ3) is 4.10. The number of carboxylic acid groups (broad SMARTS) is 2. The van der Waals surface area contributed by atoms with Crippen LogP contribution in [0.25, 0.3) is 0 Å². The van der Waals surface area contributed by atoms with Crippen molar-refractivity contribution in [3.05, 3.63) is 34.9 Å². The van der Waals surface area contributed by atoms with Gasteiger partial charge < -0.3 is 19.8 Å². The summed E-state index contributed by atoms with van der Waals surface area (Å²) in [5.74, 6) is -2.73. The van der Waals surface area contributed by atoms with Crippen LogP contribution in [0.5, 0.6) is 0 Å². The SMILES string of the molecule is C.Cc1cc(C(=O)[O-])[c-]cc1C(=O)[O-].[Y]. The third-order valence-electron chi connectivity index (χ3n) is 1.60. The molecule has 1 aromatic rings. The van der Waals surface area contributed by atoms with Gasteiger partial charge in [-0.3, -0.25) is 0 Å². The number of carbonyl (C=O) groups is 2. The predicted octanol–water partition coefficient (Wildman–Crippen LogP) is -0.844. The summed E-state index contributed by atoms with van der Waals surface area (Å²) in [6.07, 6.45) is 0. The van der Waals surface area contributed by atoms with Crippen LogP contribution in [-0.4, -0.2) is 11.9 Å². The summed E-state index contributed by atoms with van der Waals surface area (Å²) < 4.78 is 0. The molecule has 0 unspecified atom stereocenters. The Morgan fingerprint density at radius 1 is 1.27 bits per heavy atom. The molecule has 0 heterocycles. The molecule has 0 fully saturated rings. The summed E-state index contributed by atoms with van der Waals surface area (Å²) in [5.41, 5.74) is 0.0884. The molecule has 0 saturated carbocycles. The number of aromatic carboxylic acids is 2. The van der Waals surface area contributed by atoms with Crippen LogP contribution in [-0.2, 0) is 32.7 Å². The van der Waals surface area contributed by atoms with Gasteiger partial charge in [-0.05, 0) is 5.97 Å². The zero-order valence-corrected chi connectivity index (χ0v) is 10.2. The van der Waals surface area contributed by atoms with E-state index in [0.29, 0.717) is 5.56 Å². The molecule has 1 radical (unpaired) electrons. The molecule has 15 heavy (non-hydrogen) atoms. The standard InChI is InChI=1S/C9H7O4.CH4.Y/c1-5-4-6(8(10)11)2-3-7(5)9(12)13;;/h3-4H,1H3,(H,10,11)(H,12,13);1H4;/q-1;;/p-2. The van der Waals surface area contributed by atoms with Crippen molar-refractivity contribution in [1.82, 2.24) is 0 Å². The zero-order valence-electron chi connectivity index (χ0n) is 7.37. The summed E-state index contributed by atoms with van der Waals surface area (Å²) >= 11 is 0. The van der Waals surface area contributed by atoms with E-state index < -0.39 is 11.9 Å². The van der Waals surface area contributed by atoms with Crippen molar-refractivity contribution < 1.29 is 52.5 Å². The zero-order chi connectivity index (χ0) is 10.0. The van der Waals surface area contributed by atoms with Crippen molar-refractivity contribution >= 4 is 11.9 Å². The molecule has 0 atom stereocenters. The van der Waals surface area contributed by atoms with Crippen molar-refractivity contribution in [2.24, 2.45) is 0 Å². The molecule has 0 aliphatic carbocycles. The van der Waals surface area contributed by atoms with Gasteiger partial charge in [0, 0.05) is 38.7 Å². The Balaban J connectivity index is 0. The first kappa shape index (κ1) is 16.7. The molecule has 1 aromatic carbocycles. The van der Waals surface area contributed by atoms with Gasteiger partial charge in [0.2, 0.25) is 0 Å². The average Bonchev–Trinajstić information content (AvgIpc) is 2.03. The fraction of sp³-hybridized carbons (Fsp3) is 0.200. The molecule has 0 spiro atoms. The van der Waals surface area contributed by atoms with Gasteiger partial charge in [-0.2, -0.15) is 0 Å². The van der Waals surface area contributed by atoms with E-state index in [1.807, 2.05) is 0 Å². The van der Waals surface area contributed by atoms with E-state index in [9.17, 15) is 19.8 Å². The summed E-state index contributed by atoms with van der Waals surface area (Å²) in [6, 6.07) is 4.52. The van der Waals surface area contributed by atoms with Crippen LogP contribution in [0.1, 0.15) is 33.7 Å². The Kier molecular flexibility index (Phi) is 7.45. The maximum Gasteiger partial charge on any atom is 0.0296 e. The van der Waals surface area contributed by atoms with Crippen molar-refractivity contribution in [1.29, 1.82) is 0 Å². The Bertz CT molecular complexity index is 374. The molecule has 0 bridgehead atoms. The molecule has 0 aromatic heterocycles. The van der Waals surface area contributed by atoms with Crippen LogP contribution in [0.3, 0.4) is 0 Å². The van der Waals surface area contributed by atoms with Gasteiger partial charge in [0.1, 0.15) is 0 Å². The molecule has 0 amide bonds. The number of carbonyl (C=O) groups excluding carboxylic acids is 2. The monoisotopic (exact) mass is 282 g/mol. The van der Waals surface area contributed by atoms with Crippen LogP contribution in [0.2, 0.25) is 0 Å². The minimum absolute atomic E-state index is 0.